The zero-order valence-corrected chi connectivity index (χ0v) is 16.1. The lowest BCUT2D eigenvalue weighted by Crippen LogP contribution is -2.38. The Kier molecular flexibility index (Phi) is 5.84. The zero-order valence-electron chi connectivity index (χ0n) is 16.1. The van der Waals surface area contributed by atoms with Gasteiger partial charge in [0, 0.05) is 55.8 Å². The van der Waals surface area contributed by atoms with E-state index in [2.05, 4.69) is 15.2 Å². The first-order chi connectivity index (χ1) is 12.9. The molecule has 0 aliphatic carbocycles. The van der Waals surface area contributed by atoms with E-state index in [-0.39, 0.29) is 6.10 Å². The van der Waals surface area contributed by atoms with Crippen LogP contribution in [0, 0.1) is 0 Å². The number of anilines is 2. The minimum absolute atomic E-state index is 0.167. The van der Waals surface area contributed by atoms with Gasteiger partial charge < -0.3 is 14.4 Å². The van der Waals surface area contributed by atoms with Gasteiger partial charge in [0.2, 0.25) is 0 Å². The molecule has 0 unspecified atom stereocenters. The van der Waals surface area contributed by atoms with E-state index in [9.17, 15) is 4.79 Å². The highest BCUT2D eigenvalue weighted by Crippen LogP contribution is 2.24. The quantitative estimate of drug-likeness (QED) is 0.861. The smallest absolute Gasteiger partial charge is 0.412 e. The Balaban J connectivity index is 1.52. The SMILES string of the molecule is CC(C)(C)OC(=O)Nc1cccc(OC2CCN(c3ccncc3)CC2)c1. The van der Waals surface area contributed by atoms with Crippen LogP contribution in [-0.4, -0.2) is 35.9 Å². The maximum absolute atomic E-state index is 11.9. The summed E-state index contributed by atoms with van der Waals surface area (Å²) in [6.45, 7) is 7.41. The topological polar surface area (TPSA) is 63.7 Å². The Morgan fingerprint density at radius 3 is 2.52 bits per heavy atom. The van der Waals surface area contributed by atoms with E-state index in [4.69, 9.17) is 9.47 Å². The molecule has 1 aliphatic heterocycles. The fourth-order valence-corrected chi connectivity index (χ4v) is 3.05. The van der Waals surface area contributed by atoms with Crippen molar-refractivity contribution in [2.45, 2.75) is 45.3 Å². The highest BCUT2D eigenvalue weighted by Gasteiger charge is 2.21. The third kappa shape index (κ3) is 5.88. The van der Waals surface area contributed by atoms with Gasteiger partial charge in [-0.25, -0.2) is 4.79 Å². The molecule has 2 heterocycles. The molecule has 1 saturated heterocycles. The average Bonchev–Trinajstić information content (AvgIpc) is 2.62. The number of nitrogens with one attached hydrogen (secondary N) is 1. The number of benzene rings is 1. The Hall–Kier alpha value is -2.76. The number of rotatable bonds is 4. The number of carbonyl (C=O) groups is 1. The molecule has 27 heavy (non-hydrogen) atoms. The van der Waals surface area contributed by atoms with Crippen LogP contribution in [0.5, 0.6) is 5.75 Å². The standard InChI is InChI=1S/C21H27N3O3/c1-21(2,3)27-20(25)23-16-5-4-6-19(15-16)26-18-9-13-24(14-10-18)17-7-11-22-12-8-17/h4-8,11-12,15,18H,9-10,13-14H2,1-3H3,(H,23,25). The van der Waals surface area contributed by atoms with E-state index in [1.54, 1.807) is 0 Å². The van der Waals surface area contributed by atoms with Crippen LogP contribution in [0.4, 0.5) is 16.2 Å². The molecule has 1 fully saturated rings. The number of ether oxygens (including phenoxy) is 2. The molecule has 0 atom stereocenters. The largest absolute Gasteiger partial charge is 0.490 e. The van der Waals surface area contributed by atoms with Gasteiger partial charge in [-0.15, -0.1) is 0 Å². The first-order valence-corrected chi connectivity index (χ1v) is 9.31. The molecule has 1 aliphatic rings. The lowest BCUT2D eigenvalue weighted by Gasteiger charge is -2.33. The summed E-state index contributed by atoms with van der Waals surface area (Å²) < 4.78 is 11.4. The molecule has 1 aromatic heterocycles. The normalized spacial score (nSPS) is 15.3. The van der Waals surface area contributed by atoms with Gasteiger partial charge in [-0.3, -0.25) is 10.3 Å². The van der Waals surface area contributed by atoms with Crippen molar-refractivity contribution < 1.29 is 14.3 Å². The van der Waals surface area contributed by atoms with Crippen LogP contribution in [0.3, 0.4) is 0 Å². The number of piperidine rings is 1. The van der Waals surface area contributed by atoms with Gasteiger partial charge >= 0.3 is 6.09 Å². The molecule has 0 radical (unpaired) electrons. The van der Waals surface area contributed by atoms with Crippen molar-refractivity contribution in [1.82, 2.24) is 4.98 Å². The van der Waals surface area contributed by atoms with Crippen LogP contribution >= 0.6 is 0 Å². The van der Waals surface area contributed by atoms with Gasteiger partial charge in [-0.2, -0.15) is 0 Å². The fourth-order valence-electron chi connectivity index (χ4n) is 3.05. The molecule has 1 aromatic carbocycles. The lowest BCUT2D eigenvalue weighted by atomic mass is 10.1. The highest BCUT2D eigenvalue weighted by molar-refractivity contribution is 5.85. The van der Waals surface area contributed by atoms with Crippen molar-refractivity contribution in [3.05, 3.63) is 48.8 Å². The first kappa shape index (κ1) is 19.0. The minimum Gasteiger partial charge on any atom is -0.490 e. The van der Waals surface area contributed by atoms with Crippen molar-refractivity contribution >= 4 is 17.5 Å². The molecule has 0 spiro atoms. The van der Waals surface area contributed by atoms with E-state index in [0.717, 1.165) is 31.7 Å². The van der Waals surface area contributed by atoms with E-state index in [0.29, 0.717) is 5.69 Å². The Morgan fingerprint density at radius 1 is 1.15 bits per heavy atom. The van der Waals surface area contributed by atoms with E-state index >= 15 is 0 Å². The summed E-state index contributed by atoms with van der Waals surface area (Å²) in [5, 5.41) is 2.75. The number of nitrogens with zero attached hydrogens (tertiary/aromatic N) is 2. The predicted molar refractivity (Wildman–Crippen MR) is 106 cm³/mol. The molecule has 0 saturated carbocycles. The van der Waals surface area contributed by atoms with Crippen molar-refractivity contribution in [2.24, 2.45) is 0 Å². The van der Waals surface area contributed by atoms with Crippen molar-refractivity contribution in [3.63, 3.8) is 0 Å². The molecule has 0 bridgehead atoms. The molecule has 2 aromatic rings. The second-order valence-corrected chi connectivity index (χ2v) is 7.66. The Labute approximate surface area is 160 Å². The summed E-state index contributed by atoms with van der Waals surface area (Å²) in [6.07, 6.45) is 5.24. The van der Waals surface area contributed by atoms with Gasteiger partial charge in [-0.1, -0.05) is 6.07 Å². The maximum atomic E-state index is 11.9. The number of hydrogen-bond acceptors (Lipinski definition) is 5. The summed E-state index contributed by atoms with van der Waals surface area (Å²) >= 11 is 0. The Bertz CT molecular complexity index is 751. The van der Waals surface area contributed by atoms with Crippen LogP contribution in [0.25, 0.3) is 0 Å². The molecular formula is C21H27N3O3. The van der Waals surface area contributed by atoms with Gasteiger partial charge in [-0.05, 0) is 45.0 Å². The first-order valence-electron chi connectivity index (χ1n) is 9.31. The molecule has 3 rings (SSSR count). The van der Waals surface area contributed by atoms with Crippen LogP contribution in [-0.2, 0) is 4.74 Å². The minimum atomic E-state index is -0.527. The average molecular weight is 369 g/mol. The summed E-state index contributed by atoms with van der Waals surface area (Å²) in [6, 6.07) is 11.5. The lowest BCUT2D eigenvalue weighted by molar-refractivity contribution is 0.0636. The molecular weight excluding hydrogens is 342 g/mol. The van der Waals surface area contributed by atoms with Gasteiger partial charge in [0.15, 0.2) is 0 Å². The van der Waals surface area contributed by atoms with E-state index in [1.165, 1.54) is 5.69 Å². The van der Waals surface area contributed by atoms with Gasteiger partial charge in [0.05, 0.1) is 0 Å². The molecule has 1 amide bonds. The summed E-state index contributed by atoms with van der Waals surface area (Å²) in [4.78, 5) is 18.3. The number of hydrogen-bond donors (Lipinski definition) is 1. The van der Waals surface area contributed by atoms with Gasteiger partial charge in [0.25, 0.3) is 0 Å². The van der Waals surface area contributed by atoms with Crippen LogP contribution in [0.2, 0.25) is 0 Å². The molecule has 1 N–H and O–H groups in total. The molecule has 144 valence electrons. The fraction of sp³-hybridized carbons (Fsp3) is 0.429. The van der Waals surface area contributed by atoms with Crippen molar-refractivity contribution in [2.75, 3.05) is 23.3 Å². The molecule has 6 nitrogen and oxygen atoms in total. The monoisotopic (exact) mass is 369 g/mol. The third-order valence-electron chi connectivity index (χ3n) is 4.25. The van der Waals surface area contributed by atoms with Crippen LogP contribution in [0.15, 0.2) is 48.8 Å². The summed E-state index contributed by atoms with van der Waals surface area (Å²) in [5.74, 6) is 0.755. The highest BCUT2D eigenvalue weighted by atomic mass is 16.6. The summed E-state index contributed by atoms with van der Waals surface area (Å²) in [5.41, 5.74) is 1.34. The van der Waals surface area contributed by atoms with Crippen molar-refractivity contribution in [1.29, 1.82) is 0 Å². The van der Waals surface area contributed by atoms with Gasteiger partial charge in [0.1, 0.15) is 17.5 Å². The second-order valence-electron chi connectivity index (χ2n) is 7.66. The predicted octanol–water partition coefficient (Wildman–Crippen LogP) is 4.48. The van der Waals surface area contributed by atoms with E-state index in [1.807, 2.05) is 69.6 Å². The molecule has 6 heteroatoms. The zero-order chi connectivity index (χ0) is 19.3. The third-order valence-corrected chi connectivity index (χ3v) is 4.25. The maximum Gasteiger partial charge on any atom is 0.412 e. The Morgan fingerprint density at radius 2 is 1.85 bits per heavy atom. The summed E-state index contributed by atoms with van der Waals surface area (Å²) in [7, 11) is 0. The van der Waals surface area contributed by atoms with Crippen LogP contribution < -0.4 is 15.0 Å². The number of pyridine rings is 1. The van der Waals surface area contributed by atoms with Crippen LogP contribution in [0.1, 0.15) is 33.6 Å². The van der Waals surface area contributed by atoms with E-state index < -0.39 is 11.7 Å². The number of amides is 1. The second kappa shape index (κ2) is 8.29. The number of carbonyl (C=O) groups excluding carboxylic acids is 1. The van der Waals surface area contributed by atoms with Crippen molar-refractivity contribution in [3.8, 4) is 5.75 Å². The number of aromatic nitrogens is 1.